The molecule has 1 saturated heterocycles. The number of fused-ring (bicyclic) bond motifs is 2. The van der Waals surface area contributed by atoms with Gasteiger partial charge in [0.15, 0.2) is 0 Å². The van der Waals surface area contributed by atoms with Gasteiger partial charge < -0.3 is 10.6 Å². The summed E-state index contributed by atoms with van der Waals surface area (Å²) in [5, 5.41) is 0. The Kier molecular flexibility index (Phi) is 4.31. The van der Waals surface area contributed by atoms with Crippen molar-refractivity contribution in [1.82, 2.24) is 4.90 Å². The molecule has 0 aromatic rings. The average Bonchev–Trinajstić information content (AvgIpc) is 2.46. The lowest BCUT2D eigenvalue weighted by molar-refractivity contribution is -0.142. The lowest BCUT2D eigenvalue weighted by Gasteiger charge is -2.46. The van der Waals surface area contributed by atoms with Crippen molar-refractivity contribution >= 4 is 5.91 Å². The van der Waals surface area contributed by atoms with Gasteiger partial charge in [0.2, 0.25) is 5.91 Å². The summed E-state index contributed by atoms with van der Waals surface area (Å²) in [7, 11) is 0. The molecule has 3 heteroatoms. The van der Waals surface area contributed by atoms with Crippen molar-refractivity contribution in [1.29, 1.82) is 0 Å². The summed E-state index contributed by atoms with van der Waals surface area (Å²) in [6, 6.07) is 0.366. The van der Waals surface area contributed by atoms with Crippen LogP contribution in [-0.2, 0) is 4.79 Å². The van der Waals surface area contributed by atoms with Gasteiger partial charge in [0.1, 0.15) is 0 Å². The highest BCUT2D eigenvalue weighted by molar-refractivity contribution is 5.79. The van der Waals surface area contributed by atoms with E-state index in [0.29, 0.717) is 29.2 Å². The summed E-state index contributed by atoms with van der Waals surface area (Å²) < 4.78 is 0. The smallest absolute Gasteiger partial charge is 0.225 e. The van der Waals surface area contributed by atoms with E-state index in [1.54, 1.807) is 0 Å². The fourth-order valence-electron chi connectivity index (χ4n) is 5.04. The van der Waals surface area contributed by atoms with E-state index in [1.165, 1.54) is 38.5 Å². The van der Waals surface area contributed by atoms with Crippen LogP contribution in [0, 0.1) is 23.2 Å². The second-order valence-electron chi connectivity index (χ2n) is 8.22. The van der Waals surface area contributed by atoms with Gasteiger partial charge in [-0.25, -0.2) is 0 Å². The quantitative estimate of drug-likeness (QED) is 0.849. The number of nitrogens with two attached hydrogens (primary N) is 1. The normalized spacial score (nSPS) is 43.7. The number of piperidine rings is 1. The Morgan fingerprint density at radius 1 is 1.24 bits per heavy atom. The standard InChI is InChI=1S/C18H32N2O/c1-3-18(2)8-5-9-20(12-18)17(21)15-10-13-6-4-7-14(11-15)16(13)19/h13-16H,3-12,19H2,1-2H3. The minimum absolute atomic E-state index is 0.263. The number of hydrogen-bond donors (Lipinski definition) is 1. The van der Waals surface area contributed by atoms with Crippen molar-refractivity contribution in [2.24, 2.45) is 28.9 Å². The number of hydrogen-bond acceptors (Lipinski definition) is 2. The molecule has 2 aliphatic carbocycles. The maximum Gasteiger partial charge on any atom is 0.225 e. The maximum atomic E-state index is 13.0. The van der Waals surface area contributed by atoms with Crippen molar-refractivity contribution in [3.8, 4) is 0 Å². The zero-order valence-electron chi connectivity index (χ0n) is 13.8. The molecule has 3 fully saturated rings. The number of nitrogens with zero attached hydrogens (tertiary/aromatic N) is 1. The Bertz CT molecular complexity index is 383. The predicted molar refractivity (Wildman–Crippen MR) is 85.7 cm³/mol. The second-order valence-corrected chi connectivity index (χ2v) is 8.22. The first-order chi connectivity index (χ1) is 10.0. The van der Waals surface area contributed by atoms with Gasteiger partial charge in [0.05, 0.1) is 0 Å². The van der Waals surface area contributed by atoms with Crippen LogP contribution in [0.15, 0.2) is 0 Å². The van der Waals surface area contributed by atoms with Gasteiger partial charge in [-0.3, -0.25) is 4.79 Å². The molecule has 2 N–H and O–H groups in total. The zero-order valence-corrected chi connectivity index (χ0v) is 13.8. The first kappa shape index (κ1) is 15.3. The van der Waals surface area contributed by atoms with Gasteiger partial charge in [-0.2, -0.15) is 0 Å². The molecule has 0 spiro atoms. The molecule has 2 bridgehead atoms. The van der Waals surface area contributed by atoms with Crippen LogP contribution in [0.4, 0.5) is 0 Å². The van der Waals surface area contributed by atoms with E-state index in [2.05, 4.69) is 18.7 Å². The Morgan fingerprint density at radius 3 is 2.52 bits per heavy atom. The molecule has 3 rings (SSSR count). The Hall–Kier alpha value is -0.570. The van der Waals surface area contributed by atoms with E-state index in [0.717, 1.165) is 25.9 Å². The fourth-order valence-corrected chi connectivity index (χ4v) is 5.04. The molecule has 3 unspecified atom stereocenters. The summed E-state index contributed by atoms with van der Waals surface area (Å²) in [5.74, 6) is 1.92. The molecule has 1 aliphatic heterocycles. The van der Waals surface area contributed by atoms with Crippen molar-refractivity contribution in [2.75, 3.05) is 13.1 Å². The molecule has 0 radical (unpaired) electrons. The molecule has 1 amide bonds. The van der Waals surface area contributed by atoms with Gasteiger partial charge in [-0.05, 0) is 62.2 Å². The maximum absolute atomic E-state index is 13.0. The highest BCUT2D eigenvalue weighted by atomic mass is 16.2. The Morgan fingerprint density at radius 2 is 1.90 bits per heavy atom. The van der Waals surface area contributed by atoms with Gasteiger partial charge in [-0.15, -0.1) is 0 Å². The average molecular weight is 292 g/mol. The van der Waals surface area contributed by atoms with Crippen LogP contribution in [0.3, 0.4) is 0 Å². The Balaban J connectivity index is 1.65. The fraction of sp³-hybridized carbons (Fsp3) is 0.944. The zero-order chi connectivity index (χ0) is 15.0. The molecule has 3 atom stereocenters. The number of likely N-dealkylation sites (tertiary alicyclic amines) is 1. The van der Waals surface area contributed by atoms with Crippen LogP contribution < -0.4 is 5.73 Å². The Labute approximate surface area is 129 Å². The van der Waals surface area contributed by atoms with Crippen LogP contribution >= 0.6 is 0 Å². The summed E-state index contributed by atoms with van der Waals surface area (Å²) in [4.78, 5) is 15.2. The van der Waals surface area contributed by atoms with Gasteiger partial charge >= 0.3 is 0 Å². The summed E-state index contributed by atoms with van der Waals surface area (Å²) >= 11 is 0. The highest BCUT2D eigenvalue weighted by Gasteiger charge is 2.42. The van der Waals surface area contributed by atoms with E-state index in [9.17, 15) is 4.79 Å². The van der Waals surface area contributed by atoms with Crippen LogP contribution in [-0.4, -0.2) is 29.9 Å². The summed E-state index contributed by atoms with van der Waals surface area (Å²) in [6.07, 6.45) is 9.54. The summed E-state index contributed by atoms with van der Waals surface area (Å²) in [6.45, 7) is 6.56. The lowest BCUT2D eigenvalue weighted by Crippen LogP contribution is -2.52. The monoisotopic (exact) mass is 292 g/mol. The highest BCUT2D eigenvalue weighted by Crippen LogP contribution is 2.43. The van der Waals surface area contributed by atoms with Crippen LogP contribution in [0.2, 0.25) is 0 Å². The minimum Gasteiger partial charge on any atom is -0.342 e. The summed E-state index contributed by atoms with van der Waals surface area (Å²) in [5.41, 5.74) is 6.71. The third kappa shape index (κ3) is 2.99. The van der Waals surface area contributed by atoms with Crippen molar-refractivity contribution in [3.05, 3.63) is 0 Å². The number of carbonyl (C=O) groups is 1. The van der Waals surface area contributed by atoms with Crippen molar-refractivity contribution in [2.45, 2.75) is 71.3 Å². The molecule has 2 saturated carbocycles. The predicted octanol–water partition coefficient (Wildman–Crippen LogP) is 3.18. The molecule has 3 aliphatic rings. The van der Waals surface area contributed by atoms with Crippen LogP contribution in [0.25, 0.3) is 0 Å². The molecule has 1 heterocycles. The van der Waals surface area contributed by atoms with Gasteiger partial charge in [-0.1, -0.05) is 20.3 Å². The van der Waals surface area contributed by atoms with Gasteiger partial charge in [0.25, 0.3) is 0 Å². The van der Waals surface area contributed by atoms with E-state index in [-0.39, 0.29) is 5.92 Å². The van der Waals surface area contributed by atoms with Crippen LogP contribution in [0.5, 0.6) is 0 Å². The molecule has 0 aromatic carbocycles. The molecule has 0 aromatic heterocycles. The van der Waals surface area contributed by atoms with Crippen molar-refractivity contribution in [3.63, 3.8) is 0 Å². The van der Waals surface area contributed by atoms with E-state index >= 15 is 0 Å². The number of amides is 1. The lowest BCUT2D eigenvalue weighted by atomic mass is 9.64. The first-order valence-electron chi connectivity index (χ1n) is 9.07. The molecular formula is C18H32N2O. The topological polar surface area (TPSA) is 46.3 Å². The van der Waals surface area contributed by atoms with Crippen molar-refractivity contribution < 1.29 is 4.79 Å². The minimum atomic E-state index is 0.263. The largest absolute Gasteiger partial charge is 0.342 e. The molecular weight excluding hydrogens is 260 g/mol. The molecule has 3 nitrogen and oxygen atoms in total. The third-order valence-electron chi connectivity index (χ3n) is 6.71. The third-order valence-corrected chi connectivity index (χ3v) is 6.71. The van der Waals surface area contributed by atoms with E-state index < -0.39 is 0 Å². The second kappa shape index (κ2) is 5.91. The van der Waals surface area contributed by atoms with Crippen LogP contribution in [0.1, 0.15) is 65.2 Å². The van der Waals surface area contributed by atoms with E-state index in [4.69, 9.17) is 5.73 Å². The SMILES string of the molecule is CCC1(C)CCCN(C(=O)C2CC3CCCC(C2)C3N)C1. The number of carbonyl (C=O) groups excluding carboxylic acids is 1. The van der Waals surface area contributed by atoms with Gasteiger partial charge in [0, 0.05) is 25.0 Å². The molecule has 120 valence electrons. The first-order valence-corrected chi connectivity index (χ1v) is 9.07. The number of rotatable bonds is 2. The molecule has 21 heavy (non-hydrogen) atoms. The van der Waals surface area contributed by atoms with E-state index in [1.807, 2.05) is 0 Å².